The number of halogens is 1. The molecule has 119 valence electrons. The zero-order chi connectivity index (χ0) is 16.2. The molecule has 5 nitrogen and oxygen atoms in total. The summed E-state index contributed by atoms with van der Waals surface area (Å²) in [4.78, 5) is 11.6. The summed E-state index contributed by atoms with van der Waals surface area (Å²) < 4.78 is 20.1. The van der Waals surface area contributed by atoms with E-state index < -0.39 is 11.8 Å². The zero-order valence-corrected chi connectivity index (χ0v) is 12.7. The quantitative estimate of drug-likeness (QED) is 0.806. The summed E-state index contributed by atoms with van der Waals surface area (Å²) >= 11 is 0. The van der Waals surface area contributed by atoms with Crippen LogP contribution in [-0.2, 0) is 6.42 Å². The van der Waals surface area contributed by atoms with Crippen LogP contribution in [0.25, 0.3) is 0 Å². The molecule has 2 aromatic carbocycles. The standard InChI is InChI=1S/C17H17FN3O2/c1-19-7-8-23-14-10-13(18)12(9-11-5-3-2-4-6-11)15-16(14)21-17(22)20-15/h2-6,10,19H,7-9H2,1H3,(H,20,22). The predicted octanol–water partition coefficient (Wildman–Crippen LogP) is 2.80. The molecule has 0 atom stereocenters. The fraction of sp³-hybridized carbons (Fsp3) is 0.235. The molecule has 0 unspecified atom stereocenters. The van der Waals surface area contributed by atoms with Crippen LogP contribution in [0, 0.1) is 5.82 Å². The summed E-state index contributed by atoms with van der Waals surface area (Å²) in [5.41, 5.74) is 2.15. The molecule has 0 fully saturated rings. The van der Waals surface area contributed by atoms with Crippen LogP contribution in [0.3, 0.4) is 0 Å². The van der Waals surface area contributed by atoms with Crippen molar-refractivity contribution in [2.24, 2.45) is 0 Å². The second-order valence-electron chi connectivity index (χ2n) is 5.22. The minimum Gasteiger partial charge on any atom is -0.490 e. The van der Waals surface area contributed by atoms with Gasteiger partial charge in [0.05, 0.1) is 5.69 Å². The Hall–Kier alpha value is -2.60. The summed E-state index contributed by atoms with van der Waals surface area (Å²) in [6, 6.07) is 10.3. The second-order valence-corrected chi connectivity index (χ2v) is 5.22. The maximum atomic E-state index is 14.5. The van der Waals surface area contributed by atoms with Gasteiger partial charge >= 0.3 is 6.03 Å². The minimum absolute atomic E-state index is 0.280. The molecule has 0 saturated heterocycles. The number of benzene rings is 2. The van der Waals surface area contributed by atoms with Gasteiger partial charge in [-0.25, -0.2) is 9.18 Å². The lowest BCUT2D eigenvalue weighted by atomic mass is 10.0. The normalized spacial score (nSPS) is 12.5. The maximum Gasteiger partial charge on any atom is 0.346 e. The first kappa shape index (κ1) is 15.3. The van der Waals surface area contributed by atoms with Gasteiger partial charge in [0.25, 0.3) is 0 Å². The van der Waals surface area contributed by atoms with Crippen molar-refractivity contribution in [3.8, 4) is 5.75 Å². The van der Waals surface area contributed by atoms with Gasteiger partial charge in [0.2, 0.25) is 0 Å². The van der Waals surface area contributed by atoms with Crippen LogP contribution in [-0.4, -0.2) is 26.2 Å². The number of rotatable bonds is 6. The number of nitrogens with one attached hydrogen (secondary N) is 2. The third-order valence-corrected chi connectivity index (χ3v) is 3.60. The number of carbonyl (C=O) groups is 1. The van der Waals surface area contributed by atoms with Crippen molar-refractivity contribution in [1.29, 1.82) is 0 Å². The van der Waals surface area contributed by atoms with Crippen LogP contribution < -0.4 is 20.7 Å². The molecule has 0 bridgehead atoms. The van der Waals surface area contributed by atoms with E-state index in [4.69, 9.17) is 4.74 Å². The lowest BCUT2D eigenvalue weighted by molar-refractivity contribution is 0.255. The Kier molecular flexibility index (Phi) is 4.43. The highest BCUT2D eigenvalue weighted by Crippen LogP contribution is 2.42. The van der Waals surface area contributed by atoms with Crippen molar-refractivity contribution in [3.63, 3.8) is 0 Å². The van der Waals surface area contributed by atoms with E-state index >= 15 is 0 Å². The van der Waals surface area contributed by atoms with Crippen molar-refractivity contribution in [3.05, 3.63) is 53.3 Å². The number of nitrogens with zero attached hydrogens (tertiary/aromatic N) is 1. The molecule has 0 aliphatic carbocycles. The smallest absolute Gasteiger partial charge is 0.346 e. The summed E-state index contributed by atoms with van der Waals surface area (Å²) in [7, 11) is 1.80. The summed E-state index contributed by atoms with van der Waals surface area (Å²) in [5.74, 6) is -0.132. The Bertz CT molecular complexity index is 720. The number of amides is 2. The Morgan fingerprint density at radius 1 is 1.30 bits per heavy atom. The molecule has 6 heteroatoms. The highest BCUT2D eigenvalue weighted by Gasteiger charge is 2.29. The largest absolute Gasteiger partial charge is 0.490 e. The maximum absolute atomic E-state index is 14.5. The third-order valence-electron chi connectivity index (χ3n) is 3.60. The third kappa shape index (κ3) is 3.27. The lowest BCUT2D eigenvalue weighted by Gasteiger charge is -2.13. The number of carbonyl (C=O) groups excluding carboxylic acids is 1. The van der Waals surface area contributed by atoms with Gasteiger partial charge in [0.1, 0.15) is 23.9 Å². The molecule has 2 N–H and O–H groups in total. The van der Waals surface area contributed by atoms with Crippen molar-refractivity contribution < 1.29 is 13.9 Å². The van der Waals surface area contributed by atoms with Crippen molar-refractivity contribution in [2.75, 3.05) is 25.5 Å². The Balaban J connectivity index is 1.95. The topological polar surface area (TPSA) is 64.5 Å². The molecular formula is C17H17FN3O2. The van der Waals surface area contributed by atoms with Gasteiger partial charge in [-0.2, -0.15) is 5.32 Å². The molecule has 1 aliphatic heterocycles. The van der Waals surface area contributed by atoms with Crippen LogP contribution >= 0.6 is 0 Å². The van der Waals surface area contributed by atoms with Crippen LogP contribution in [0.15, 0.2) is 36.4 Å². The number of anilines is 1. The van der Waals surface area contributed by atoms with Gasteiger partial charge in [0, 0.05) is 24.6 Å². The van der Waals surface area contributed by atoms with Crippen LogP contribution in [0.5, 0.6) is 5.75 Å². The lowest BCUT2D eigenvalue weighted by Crippen LogP contribution is -2.16. The Labute approximate surface area is 133 Å². The molecule has 1 aliphatic rings. The highest BCUT2D eigenvalue weighted by atomic mass is 19.1. The van der Waals surface area contributed by atoms with Crippen molar-refractivity contribution >= 4 is 17.4 Å². The van der Waals surface area contributed by atoms with Gasteiger partial charge in [-0.3, -0.25) is 0 Å². The summed E-state index contributed by atoms with van der Waals surface area (Å²) in [5, 5.41) is 9.47. The summed E-state index contributed by atoms with van der Waals surface area (Å²) in [6.07, 6.45) is 0.377. The predicted molar refractivity (Wildman–Crippen MR) is 85.9 cm³/mol. The molecule has 0 aromatic heterocycles. The molecule has 23 heavy (non-hydrogen) atoms. The fourth-order valence-corrected chi connectivity index (χ4v) is 2.48. The number of urea groups is 1. The van der Waals surface area contributed by atoms with E-state index in [2.05, 4.69) is 16.0 Å². The average Bonchev–Trinajstić information content (AvgIpc) is 2.94. The van der Waals surface area contributed by atoms with Crippen LogP contribution in [0.1, 0.15) is 11.1 Å². The number of likely N-dealkylation sites (N-methyl/N-ethyl adjacent to an activating group) is 1. The number of ether oxygens (including phenoxy) is 1. The van der Waals surface area contributed by atoms with Crippen molar-refractivity contribution in [2.45, 2.75) is 6.42 Å². The minimum atomic E-state index is -0.502. The van der Waals surface area contributed by atoms with Gasteiger partial charge < -0.3 is 15.4 Å². The van der Waals surface area contributed by atoms with E-state index in [1.54, 1.807) is 7.05 Å². The van der Waals surface area contributed by atoms with Crippen LogP contribution in [0.2, 0.25) is 0 Å². The molecule has 2 aromatic rings. The molecule has 0 saturated carbocycles. The molecule has 3 rings (SSSR count). The first-order chi connectivity index (χ1) is 11.2. The van der Waals surface area contributed by atoms with Crippen molar-refractivity contribution in [1.82, 2.24) is 10.6 Å². The SMILES string of the molecule is CNCCOc1cc(F)c(Cc2ccccc2)c2c1[N]C(=O)N2. The monoisotopic (exact) mass is 314 g/mol. The van der Waals surface area contributed by atoms with E-state index in [0.29, 0.717) is 36.5 Å². The second kappa shape index (κ2) is 6.66. The average molecular weight is 314 g/mol. The van der Waals surface area contributed by atoms with E-state index in [-0.39, 0.29) is 5.75 Å². The van der Waals surface area contributed by atoms with Gasteiger partial charge in [0.15, 0.2) is 0 Å². The van der Waals surface area contributed by atoms with E-state index in [1.807, 2.05) is 30.3 Å². The number of hydrogen-bond acceptors (Lipinski definition) is 3. The van der Waals surface area contributed by atoms with E-state index in [1.165, 1.54) is 6.07 Å². The molecule has 2 amide bonds. The van der Waals surface area contributed by atoms with Crippen LogP contribution in [0.4, 0.5) is 20.6 Å². The summed E-state index contributed by atoms with van der Waals surface area (Å²) in [6.45, 7) is 0.980. The molecule has 1 heterocycles. The highest BCUT2D eigenvalue weighted by molar-refractivity contribution is 6.05. The Morgan fingerprint density at radius 3 is 2.83 bits per heavy atom. The fourth-order valence-electron chi connectivity index (χ4n) is 2.48. The molecular weight excluding hydrogens is 297 g/mol. The number of hydrogen-bond donors (Lipinski definition) is 2. The van der Waals surface area contributed by atoms with Gasteiger partial charge in [-0.1, -0.05) is 30.3 Å². The first-order valence-corrected chi connectivity index (χ1v) is 7.38. The molecule has 0 spiro atoms. The number of fused-ring (bicyclic) bond motifs is 1. The molecule has 1 radical (unpaired) electrons. The zero-order valence-electron chi connectivity index (χ0n) is 12.7. The Morgan fingerprint density at radius 2 is 2.09 bits per heavy atom. The first-order valence-electron chi connectivity index (χ1n) is 7.38. The van der Waals surface area contributed by atoms with Gasteiger partial charge in [-0.05, 0) is 12.6 Å². The van der Waals surface area contributed by atoms with E-state index in [9.17, 15) is 9.18 Å². The van der Waals surface area contributed by atoms with Gasteiger partial charge in [-0.15, -0.1) is 0 Å². The van der Waals surface area contributed by atoms with E-state index in [0.717, 1.165) is 5.56 Å².